The van der Waals surface area contributed by atoms with E-state index in [4.69, 9.17) is 14.5 Å². The first kappa shape index (κ1) is 22.4. The molecule has 1 fully saturated rings. The number of nitrogens with zero attached hydrogens (tertiary/aromatic N) is 3. The summed E-state index contributed by atoms with van der Waals surface area (Å²) in [4.78, 5) is 21.7. The second-order valence-electron chi connectivity index (χ2n) is 7.89. The molecule has 4 rings (SSSR count). The number of ether oxygens (including phenoxy) is 2. The fourth-order valence-electron chi connectivity index (χ4n) is 4.00. The van der Waals surface area contributed by atoms with Gasteiger partial charge in [0.15, 0.2) is 11.5 Å². The molecule has 2 heterocycles. The molecule has 1 atom stereocenters. The highest BCUT2D eigenvalue weighted by Crippen LogP contribution is 2.30. The molecule has 2 amide bonds. The van der Waals surface area contributed by atoms with Gasteiger partial charge in [0.05, 0.1) is 30.5 Å². The molecule has 1 N–H and O–H groups in total. The molecule has 1 saturated heterocycles. The van der Waals surface area contributed by atoms with Gasteiger partial charge in [0, 0.05) is 32.7 Å². The monoisotopic (exact) mass is 454 g/mol. The van der Waals surface area contributed by atoms with Crippen LogP contribution in [-0.2, 0) is 6.42 Å². The van der Waals surface area contributed by atoms with Gasteiger partial charge in [-0.3, -0.25) is 4.90 Å². The SMILES string of the molecule is COc1ccc(CCNC(=O)N2CCN([C@@H](C)c3nc4ccccc4s3)CC2)cc1OC. The average Bonchev–Trinajstić information content (AvgIpc) is 3.28. The number of fused-ring (bicyclic) bond motifs is 1. The highest BCUT2D eigenvalue weighted by molar-refractivity contribution is 7.18. The van der Waals surface area contributed by atoms with Crippen molar-refractivity contribution in [1.82, 2.24) is 20.1 Å². The molecule has 0 aliphatic carbocycles. The zero-order chi connectivity index (χ0) is 22.5. The number of nitrogens with one attached hydrogen (secondary N) is 1. The van der Waals surface area contributed by atoms with Gasteiger partial charge in [-0.15, -0.1) is 11.3 Å². The lowest BCUT2D eigenvalue weighted by atomic mass is 10.1. The molecule has 0 bridgehead atoms. The second kappa shape index (κ2) is 10.2. The summed E-state index contributed by atoms with van der Waals surface area (Å²) in [7, 11) is 3.25. The number of piperazine rings is 1. The van der Waals surface area contributed by atoms with E-state index in [1.165, 1.54) is 4.70 Å². The third-order valence-electron chi connectivity index (χ3n) is 5.95. The van der Waals surface area contributed by atoms with Crippen LogP contribution < -0.4 is 14.8 Å². The number of benzene rings is 2. The summed E-state index contributed by atoms with van der Waals surface area (Å²) in [5.41, 5.74) is 2.16. The lowest BCUT2D eigenvalue weighted by Crippen LogP contribution is -2.52. The Morgan fingerprint density at radius 1 is 1.09 bits per heavy atom. The van der Waals surface area contributed by atoms with Gasteiger partial charge < -0.3 is 19.7 Å². The number of hydrogen-bond acceptors (Lipinski definition) is 6. The minimum atomic E-state index is -0.00207. The van der Waals surface area contributed by atoms with Crippen molar-refractivity contribution in [1.29, 1.82) is 0 Å². The third kappa shape index (κ3) is 4.97. The van der Waals surface area contributed by atoms with Crippen LogP contribution in [0.15, 0.2) is 42.5 Å². The van der Waals surface area contributed by atoms with Crippen LogP contribution in [0.4, 0.5) is 4.79 Å². The number of methoxy groups -OCH3 is 2. The van der Waals surface area contributed by atoms with Crippen molar-refractivity contribution in [3.05, 3.63) is 53.0 Å². The van der Waals surface area contributed by atoms with Crippen LogP contribution >= 0.6 is 11.3 Å². The molecule has 2 aromatic carbocycles. The van der Waals surface area contributed by atoms with Gasteiger partial charge in [-0.2, -0.15) is 0 Å². The van der Waals surface area contributed by atoms with Crippen molar-refractivity contribution in [3.8, 4) is 11.5 Å². The molecule has 0 spiro atoms. The zero-order valence-electron chi connectivity index (χ0n) is 18.8. The Hall–Kier alpha value is -2.84. The van der Waals surface area contributed by atoms with Crippen LogP contribution in [0.3, 0.4) is 0 Å². The second-order valence-corrected chi connectivity index (χ2v) is 8.95. The normalized spacial score (nSPS) is 15.5. The molecule has 1 aliphatic rings. The van der Waals surface area contributed by atoms with Gasteiger partial charge in [-0.1, -0.05) is 18.2 Å². The van der Waals surface area contributed by atoms with E-state index in [2.05, 4.69) is 35.3 Å². The van der Waals surface area contributed by atoms with Gasteiger partial charge in [-0.05, 0) is 43.2 Å². The minimum absolute atomic E-state index is 0.00207. The minimum Gasteiger partial charge on any atom is -0.493 e. The summed E-state index contributed by atoms with van der Waals surface area (Å²) in [5, 5.41) is 4.18. The molecular weight excluding hydrogens is 424 g/mol. The predicted molar refractivity (Wildman–Crippen MR) is 128 cm³/mol. The average molecular weight is 455 g/mol. The van der Waals surface area contributed by atoms with Crippen molar-refractivity contribution >= 4 is 27.6 Å². The maximum atomic E-state index is 12.6. The van der Waals surface area contributed by atoms with Crippen LogP contribution in [-0.4, -0.2) is 67.8 Å². The Bertz CT molecular complexity index is 1030. The van der Waals surface area contributed by atoms with E-state index in [0.717, 1.165) is 48.7 Å². The molecule has 0 saturated carbocycles. The van der Waals surface area contributed by atoms with Gasteiger partial charge in [0.1, 0.15) is 5.01 Å². The standard InChI is InChI=1S/C24H30N4O3S/c1-17(23-26-19-6-4-5-7-22(19)32-23)27-12-14-28(15-13-27)24(29)25-11-10-18-8-9-20(30-2)21(16-18)31-3/h4-9,16-17H,10-15H2,1-3H3,(H,25,29)/t17-/m0/s1. The first-order valence-electron chi connectivity index (χ1n) is 10.9. The quantitative estimate of drug-likeness (QED) is 0.586. The number of carbonyl (C=O) groups excluding carboxylic acids is 1. The predicted octanol–water partition coefficient (Wildman–Crippen LogP) is 3.94. The van der Waals surface area contributed by atoms with Gasteiger partial charge >= 0.3 is 6.03 Å². The van der Waals surface area contributed by atoms with Crippen molar-refractivity contribution in [3.63, 3.8) is 0 Å². The number of rotatable bonds is 7. The first-order chi connectivity index (χ1) is 15.6. The van der Waals surface area contributed by atoms with E-state index in [9.17, 15) is 4.79 Å². The van der Waals surface area contributed by atoms with Crippen LogP contribution in [0.5, 0.6) is 11.5 Å². The Labute approximate surface area is 192 Å². The largest absolute Gasteiger partial charge is 0.493 e. The molecule has 170 valence electrons. The lowest BCUT2D eigenvalue weighted by molar-refractivity contribution is 0.114. The molecule has 3 aromatic rings. The third-order valence-corrected chi connectivity index (χ3v) is 7.16. The van der Waals surface area contributed by atoms with Gasteiger partial charge in [0.2, 0.25) is 0 Å². The number of amides is 2. The van der Waals surface area contributed by atoms with E-state index in [-0.39, 0.29) is 12.1 Å². The molecule has 32 heavy (non-hydrogen) atoms. The number of urea groups is 1. The summed E-state index contributed by atoms with van der Waals surface area (Å²) in [6, 6.07) is 14.3. The smallest absolute Gasteiger partial charge is 0.317 e. The fourth-order valence-corrected chi connectivity index (χ4v) is 5.05. The molecule has 0 radical (unpaired) electrons. The molecule has 8 heteroatoms. The van der Waals surface area contributed by atoms with E-state index in [0.29, 0.717) is 18.0 Å². The molecule has 1 aliphatic heterocycles. The summed E-state index contributed by atoms with van der Waals surface area (Å²) in [6.07, 6.45) is 0.737. The summed E-state index contributed by atoms with van der Waals surface area (Å²) >= 11 is 1.76. The van der Waals surface area contributed by atoms with Crippen molar-refractivity contribution in [2.45, 2.75) is 19.4 Å². The molecule has 1 aromatic heterocycles. The number of carbonyl (C=O) groups is 1. The van der Waals surface area contributed by atoms with Crippen LogP contribution in [0.1, 0.15) is 23.5 Å². The molecule has 7 nitrogen and oxygen atoms in total. The van der Waals surface area contributed by atoms with Crippen LogP contribution in [0.2, 0.25) is 0 Å². The number of hydrogen-bond donors (Lipinski definition) is 1. The van der Waals surface area contributed by atoms with Crippen molar-refractivity contribution in [2.24, 2.45) is 0 Å². The molecule has 0 unspecified atom stereocenters. The summed E-state index contributed by atoms with van der Waals surface area (Å²) in [5.74, 6) is 1.41. The number of thiazole rings is 1. The Morgan fingerprint density at radius 2 is 1.84 bits per heavy atom. The van der Waals surface area contributed by atoms with Crippen LogP contribution in [0.25, 0.3) is 10.2 Å². The Morgan fingerprint density at radius 3 is 2.56 bits per heavy atom. The highest BCUT2D eigenvalue weighted by atomic mass is 32.1. The van der Waals surface area contributed by atoms with E-state index >= 15 is 0 Å². The van der Waals surface area contributed by atoms with Crippen molar-refractivity contribution in [2.75, 3.05) is 46.9 Å². The van der Waals surface area contributed by atoms with Crippen LogP contribution in [0, 0.1) is 0 Å². The zero-order valence-corrected chi connectivity index (χ0v) is 19.7. The summed E-state index contributed by atoms with van der Waals surface area (Å²) in [6.45, 7) is 5.92. The lowest BCUT2D eigenvalue weighted by Gasteiger charge is -2.37. The maximum Gasteiger partial charge on any atom is 0.317 e. The van der Waals surface area contributed by atoms with Crippen molar-refractivity contribution < 1.29 is 14.3 Å². The highest BCUT2D eigenvalue weighted by Gasteiger charge is 2.26. The fraction of sp³-hybridized carbons (Fsp3) is 0.417. The first-order valence-corrected chi connectivity index (χ1v) is 11.7. The number of aromatic nitrogens is 1. The maximum absolute atomic E-state index is 12.6. The Kier molecular flexibility index (Phi) is 7.12. The van der Waals surface area contributed by atoms with Gasteiger partial charge in [-0.25, -0.2) is 9.78 Å². The number of para-hydroxylation sites is 1. The van der Waals surface area contributed by atoms with E-state index in [1.54, 1.807) is 25.6 Å². The molecular formula is C24H30N4O3S. The van der Waals surface area contributed by atoms with E-state index in [1.807, 2.05) is 29.2 Å². The van der Waals surface area contributed by atoms with E-state index < -0.39 is 0 Å². The topological polar surface area (TPSA) is 66.9 Å². The van der Waals surface area contributed by atoms with Gasteiger partial charge in [0.25, 0.3) is 0 Å². The summed E-state index contributed by atoms with van der Waals surface area (Å²) < 4.78 is 11.8. The Balaban J connectivity index is 1.24.